The molecule has 0 saturated carbocycles. The van der Waals surface area contributed by atoms with Crippen molar-refractivity contribution in [3.8, 4) is 0 Å². The molecule has 0 unspecified atom stereocenters. The van der Waals surface area contributed by atoms with Gasteiger partial charge in [0.2, 0.25) is 5.91 Å². The third-order valence-corrected chi connectivity index (χ3v) is 3.82. The minimum absolute atomic E-state index is 0.0589. The Labute approximate surface area is 165 Å². The van der Waals surface area contributed by atoms with Gasteiger partial charge in [-0.2, -0.15) is 0 Å². The molecule has 2 aromatic carbocycles. The van der Waals surface area contributed by atoms with Gasteiger partial charge in [0.05, 0.1) is 6.54 Å². The first-order valence-electron chi connectivity index (χ1n) is 9.02. The molecular weight excluding hydrogens is 356 g/mol. The van der Waals surface area contributed by atoms with Crippen LogP contribution in [0.1, 0.15) is 34.6 Å². The number of benzene rings is 2. The maximum atomic E-state index is 12.2. The van der Waals surface area contributed by atoms with Crippen LogP contribution in [0.3, 0.4) is 0 Å². The summed E-state index contributed by atoms with van der Waals surface area (Å²) in [5.74, 6) is -0.502. The molecule has 0 bridgehead atoms. The summed E-state index contributed by atoms with van der Waals surface area (Å²) < 4.78 is 0. The number of rotatable bonds is 7. The summed E-state index contributed by atoms with van der Waals surface area (Å²) in [4.78, 5) is 37.6. The zero-order valence-electron chi connectivity index (χ0n) is 16.6. The topological polar surface area (TPSA) is 90.5 Å². The molecule has 0 atom stereocenters. The number of anilines is 2. The van der Waals surface area contributed by atoms with Crippen molar-refractivity contribution in [3.63, 3.8) is 0 Å². The van der Waals surface area contributed by atoms with E-state index in [2.05, 4.69) is 16.0 Å². The van der Waals surface area contributed by atoms with Crippen LogP contribution < -0.4 is 16.0 Å². The summed E-state index contributed by atoms with van der Waals surface area (Å²) in [6.07, 6.45) is 0. The standard InChI is InChI=1S/C21H26N4O3/c1-14(2)23-20(27)15-8-10-17(11-9-15)22-13-19(26)24-18-7-5-6-16(12-18)21(28)25(3)4/h5-12,14,22H,13H2,1-4H3,(H,23,27)(H,24,26). The minimum atomic E-state index is -0.240. The first-order chi connectivity index (χ1) is 13.3. The van der Waals surface area contributed by atoms with Crippen LogP contribution in [0.5, 0.6) is 0 Å². The molecule has 148 valence electrons. The SMILES string of the molecule is CC(C)NC(=O)c1ccc(NCC(=O)Nc2cccc(C(=O)N(C)C)c2)cc1. The molecule has 0 aliphatic heterocycles. The Balaban J connectivity index is 1.90. The molecule has 3 N–H and O–H groups in total. The van der Waals surface area contributed by atoms with E-state index in [1.165, 1.54) is 4.90 Å². The maximum absolute atomic E-state index is 12.2. The van der Waals surface area contributed by atoms with Crippen LogP contribution in [0.25, 0.3) is 0 Å². The molecule has 0 aromatic heterocycles. The van der Waals surface area contributed by atoms with Gasteiger partial charge in [0.15, 0.2) is 0 Å². The molecule has 0 spiro atoms. The Kier molecular flexibility index (Phi) is 7.14. The van der Waals surface area contributed by atoms with Crippen LogP contribution in [0.15, 0.2) is 48.5 Å². The van der Waals surface area contributed by atoms with E-state index in [9.17, 15) is 14.4 Å². The number of carbonyl (C=O) groups excluding carboxylic acids is 3. The van der Waals surface area contributed by atoms with E-state index in [0.717, 1.165) is 5.69 Å². The lowest BCUT2D eigenvalue weighted by Crippen LogP contribution is -2.30. The van der Waals surface area contributed by atoms with Crippen LogP contribution in [0.4, 0.5) is 11.4 Å². The Morgan fingerprint density at radius 2 is 1.61 bits per heavy atom. The van der Waals surface area contributed by atoms with Crippen molar-refractivity contribution in [1.29, 1.82) is 0 Å². The first-order valence-corrected chi connectivity index (χ1v) is 9.02. The van der Waals surface area contributed by atoms with E-state index in [0.29, 0.717) is 16.8 Å². The van der Waals surface area contributed by atoms with Crippen LogP contribution in [0, 0.1) is 0 Å². The average Bonchev–Trinajstić information content (AvgIpc) is 2.65. The fourth-order valence-corrected chi connectivity index (χ4v) is 2.46. The quantitative estimate of drug-likeness (QED) is 0.686. The summed E-state index contributed by atoms with van der Waals surface area (Å²) in [7, 11) is 3.35. The van der Waals surface area contributed by atoms with Gasteiger partial charge in [0.25, 0.3) is 11.8 Å². The molecule has 0 aliphatic carbocycles. The van der Waals surface area contributed by atoms with Crippen molar-refractivity contribution in [2.45, 2.75) is 19.9 Å². The number of carbonyl (C=O) groups is 3. The van der Waals surface area contributed by atoms with Gasteiger partial charge in [-0.3, -0.25) is 14.4 Å². The van der Waals surface area contributed by atoms with E-state index >= 15 is 0 Å². The summed E-state index contributed by atoms with van der Waals surface area (Å²) in [5.41, 5.74) is 2.35. The van der Waals surface area contributed by atoms with Gasteiger partial charge in [0.1, 0.15) is 0 Å². The molecule has 0 saturated heterocycles. The van der Waals surface area contributed by atoms with Gasteiger partial charge >= 0.3 is 0 Å². The number of nitrogens with zero attached hydrogens (tertiary/aromatic N) is 1. The highest BCUT2D eigenvalue weighted by Crippen LogP contribution is 2.13. The molecule has 0 aliphatic rings. The van der Waals surface area contributed by atoms with E-state index in [1.807, 2.05) is 13.8 Å². The Bertz CT molecular complexity index is 845. The van der Waals surface area contributed by atoms with Crippen LogP contribution in [-0.4, -0.2) is 49.3 Å². The normalized spacial score (nSPS) is 10.3. The zero-order chi connectivity index (χ0) is 20.7. The average molecular weight is 382 g/mol. The Morgan fingerprint density at radius 1 is 0.929 bits per heavy atom. The van der Waals surface area contributed by atoms with Crippen LogP contribution in [0.2, 0.25) is 0 Å². The molecule has 0 fully saturated rings. The van der Waals surface area contributed by atoms with Gasteiger partial charge < -0.3 is 20.9 Å². The summed E-state index contributed by atoms with van der Waals surface area (Å²) in [6, 6.07) is 13.8. The Hall–Kier alpha value is -3.35. The predicted molar refractivity (Wildman–Crippen MR) is 111 cm³/mol. The number of amides is 3. The fraction of sp³-hybridized carbons (Fsp3) is 0.286. The van der Waals surface area contributed by atoms with Gasteiger partial charge in [-0.25, -0.2) is 0 Å². The minimum Gasteiger partial charge on any atom is -0.376 e. The van der Waals surface area contributed by atoms with Gasteiger partial charge in [-0.15, -0.1) is 0 Å². The van der Waals surface area contributed by atoms with Crippen molar-refractivity contribution in [2.75, 3.05) is 31.3 Å². The Morgan fingerprint density at radius 3 is 2.21 bits per heavy atom. The highest BCUT2D eigenvalue weighted by molar-refractivity contribution is 5.98. The second-order valence-corrected chi connectivity index (χ2v) is 6.89. The van der Waals surface area contributed by atoms with Gasteiger partial charge in [0, 0.05) is 42.6 Å². The molecule has 0 heterocycles. The lowest BCUT2D eigenvalue weighted by Gasteiger charge is -2.12. The van der Waals surface area contributed by atoms with E-state index in [4.69, 9.17) is 0 Å². The van der Waals surface area contributed by atoms with E-state index in [-0.39, 0.29) is 30.3 Å². The second-order valence-electron chi connectivity index (χ2n) is 6.89. The molecule has 2 aromatic rings. The van der Waals surface area contributed by atoms with Crippen molar-refractivity contribution in [2.24, 2.45) is 0 Å². The summed E-state index contributed by atoms with van der Waals surface area (Å²) >= 11 is 0. The lowest BCUT2D eigenvalue weighted by molar-refractivity contribution is -0.114. The fourth-order valence-electron chi connectivity index (χ4n) is 2.46. The predicted octanol–water partition coefficient (Wildman–Crippen LogP) is 2.58. The summed E-state index contributed by atoms with van der Waals surface area (Å²) in [6.45, 7) is 3.86. The maximum Gasteiger partial charge on any atom is 0.253 e. The molecular formula is C21H26N4O3. The third-order valence-electron chi connectivity index (χ3n) is 3.82. The first kappa shape index (κ1) is 21.0. The van der Waals surface area contributed by atoms with E-state index in [1.54, 1.807) is 62.6 Å². The second kappa shape index (κ2) is 9.55. The monoisotopic (exact) mass is 382 g/mol. The highest BCUT2D eigenvalue weighted by atomic mass is 16.2. The highest BCUT2D eigenvalue weighted by Gasteiger charge is 2.10. The van der Waals surface area contributed by atoms with Crippen LogP contribution in [-0.2, 0) is 4.79 Å². The number of nitrogens with one attached hydrogen (secondary N) is 3. The zero-order valence-corrected chi connectivity index (χ0v) is 16.6. The smallest absolute Gasteiger partial charge is 0.253 e. The van der Waals surface area contributed by atoms with Gasteiger partial charge in [-0.1, -0.05) is 6.07 Å². The van der Waals surface area contributed by atoms with Crippen molar-refractivity contribution in [3.05, 3.63) is 59.7 Å². The largest absolute Gasteiger partial charge is 0.376 e. The number of hydrogen-bond acceptors (Lipinski definition) is 4. The summed E-state index contributed by atoms with van der Waals surface area (Å²) in [5, 5.41) is 8.59. The lowest BCUT2D eigenvalue weighted by atomic mass is 10.1. The van der Waals surface area contributed by atoms with Crippen molar-refractivity contribution >= 4 is 29.1 Å². The van der Waals surface area contributed by atoms with Gasteiger partial charge in [-0.05, 0) is 56.3 Å². The molecule has 7 nitrogen and oxygen atoms in total. The number of hydrogen-bond donors (Lipinski definition) is 3. The molecule has 3 amide bonds. The molecule has 2 rings (SSSR count). The third kappa shape index (κ3) is 6.12. The molecule has 7 heteroatoms. The van der Waals surface area contributed by atoms with Crippen molar-refractivity contribution in [1.82, 2.24) is 10.2 Å². The van der Waals surface area contributed by atoms with E-state index < -0.39 is 0 Å². The van der Waals surface area contributed by atoms with Crippen molar-refractivity contribution < 1.29 is 14.4 Å². The van der Waals surface area contributed by atoms with Crippen LogP contribution >= 0.6 is 0 Å². The molecule has 28 heavy (non-hydrogen) atoms. The molecule has 0 radical (unpaired) electrons.